The number of carbonyl (C=O) groups is 3. The molecule has 0 aromatic heterocycles. The van der Waals surface area contributed by atoms with E-state index in [-0.39, 0.29) is 23.7 Å². The molecule has 0 fully saturated rings. The van der Waals surface area contributed by atoms with Crippen molar-refractivity contribution in [3.63, 3.8) is 0 Å². The lowest BCUT2D eigenvalue weighted by Crippen LogP contribution is -2.47. The van der Waals surface area contributed by atoms with E-state index in [1.165, 1.54) is 37.1 Å². The third-order valence-corrected chi connectivity index (χ3v) is 4.75. The van der Waals surface area contributed by atoms with Crippen LogP contribution in [-0.2, 0) is 9.59 Å². The Balaban J connectivity index is 1.94. The third kappa shape index (κ3) is 6.11. The minimum Gasteiger partial charge on any atom is -0.341 e. The van der Waals surface area contributed by atoms with Gasteiger partial charge in [0.1, 0.15) is 6.04 Å². The molecule has 10 heteroatoms. The summed E-state index contributed by atoms with van der Waals surface area (Å²) in [5.41, 5.74) is 1.34. The van der Waals surface area contributed by atoms with Gasteiger partial charge in [-0.2, -0.15) is 0 Å². The number of nitro benzene ring substituents is 1. The average molecular weight is 477 g/mol. The summed E-state index contributed by atoms with van der Waals surface area (Å²) in [7, 11) is 1.45. The van der Waals surface area contributed by atoms with Crippen molar-refractivity contribution in [1.82, 2.24) is 10.2 Å². The summed E-state index contributed by atoms with van der Waals surface area (Å²) in [6, 6.07) is 9.68. The van der Waals surface area contributed by atoms with Gasteiger partial charge in [0.2, 0.25) is 11.8 Å². The highest BCUT2D eigenvalue weighted by atomic mass is 79.9. The molecule has 0 aliphatic heterocycles. The van der Waals surface area contributed by atoms with Crippen LogP contribution in [0.25, 0.3) is 0 Å². The van der Waals surface area contributed by atoms with Gasteiger partial charge >= 0.3 is 0 Å². The first kappa shape index (κ1) is 23.0. The van der Waals surface area contributed by atoms with Gasteiger partial charge in [-0.3, -0.25) is 24.5 Å². The number of carbonyl (C=O) groups excluding carboxylic acids is 3. The molecule has 1 unspecified atom stereocenters. The van der Waals surface area contributed by atoms with E-state index >= 15 is 0 Å². The van der Waals surface area contributed by atoms with Gasteiger partial charge in [-0.1, -0.05) is 22.0 Å². The van der Waals surface area contributed by atoms with Crippen LogP contribution in [0, 0.1) is 17.0 Å². The second-order valence-electron chi connectivity index (χ2n) is 6.70. The third-order valence-electron chi connectivity index (χ3n) is 4.26. The van der Waals surface area contributed by atoms with Crippen LogP contribution in [0.5, 0.6) is 0 Å². The van der Waals surface area contributed by atoms with Crippen LogP contribution in [-0.4, -0.2) is 47.2 Å². The lowest BCUT2D eigenvalue weighted by atomic mass is 10.1. The minimum absolute atomic E-state index is 0.0648. The van der Waals surface area contributed by atoms with Crippen molar-refractivity contribution in [2.75, 3.05) is 18.9 Å². The molecule has 3 amide bonds. The fraction of sp³-hybridized carbons (Fsp3) is 0.250. The lowest BCUT2D eigenvalue weighted by Gasteiger charge is -2.22. The standard InChI is InChI=1S/C20H21BrN4O5/c1-12-9-15(21)7-8-17(12)23-18(26)11-24(3)20(28)13(2)22-19(27)14-5-4-6-16(10-14)25(29)30/h4-10,13H,11H2,1-3H3,(H,22,27)(H,23,26). The van der Waals surface area contributed by atoms with Crippen LogP contribution in [0.15, 0.2) is 46.9 Å². The van der Waals surface area contributed by atoms with Crippen LogP contribution in [0.2, 0.25) is 0 Å². The first-order valence-corrected chi connectivity index (χ1v) is 9.74. The Labute approximate surface area is 181 Å². The molecule has 158 valence electrons. The average Bonchev–Trinajstić information content (AvgIpc) is 2.69. The highest BCUT2D eigenvalue weighted by molar-refractivity contribution is 9.10. The molecule has 9 nitrogen and oxygen atoms in total. The number of rotatable bonds is 7. The van der Waals surface area contributed by atoms with E-state index in [0.29, 0.717) is 5.69 Å². The normalized spacial score (nSPS) is 11.3. The maximum atomic E-state index is 12.5. The van der Waals surface area contributed by atoms with Crippen LogP contribution in [0.1, 0.15) is 22.8 Å². The zero-order valence-corrected chi connectivity index (χ0v) is 18.2. The van der Waals surface area contributed by atoms with Crippen molar-refractivity contribution in [2.24, 2.45) is 0 Å². The van der Waals surface area contributed by atoms with E-state index in [1.54, 1.807) is 12.1 Å². The van der Waals surface area contributed by atoms with Gasteiger partial charge in [-0.25, -0.2) is 0 Å². The molecule has 0 radical (unpaired) electrons. The van der Waals surface area contributed by atoms with E-state index in [0.717, 1.165) is 16.1 Å². The fourth-order valence-electron chi connectivity index (χ4n) is 2.68. The predicted molar refractivity (Wildman–Crippen MR) is 115 cm³/mol. The number of nitrogens with one attached hydrogen (secondary N) is 2. The van der Waals surface area contributed by atoms with Crippen LogP contribution in [0.4, 0.5) is 11.4 Å². The zero-order valence-electron chi connectivity index (χ0n) is 16.6. The largest absolute Gasteiger partial charge is 0.341 e. The summed E-state index contributed by atoms with van der Waals surface area (Å²) in [4.78, 5) is 48.5. The predicted octanol–water partition coefficient (Wildman–Crippen LogP) is 2.88. The molecule has 2 N–H and O–H groups in total. The topological polar surface area (TPSA) is 122 Å². The number of nitrogens with zero attached hydrogens (tertiary/aromatic N) is 2. The summed E-state index contributed by atoms with van der Waals surface area (Å²) >= 11 is 3.35. The summed E-state index contributed by atoms with van der Waals surface area (Å²) in [5, 5.41) is 16.1. The van der Waals surface area contributed by atoms with Gasteiger partial charge in [-0.15, -0.1) is 0 Å². The molecule has 2 rings (SSSR count). The molecule has 0 heterocycles. The number of hydrogen-bond donors (Lipinski definition) is 2. The molecule has 0 saturated heterocycles. The number of hydrogen-bond acceptors (Lipinski definition) is 5. The second kappa shape index (κ2) is 9.97. The molecular weight excluding hydrogens is 456 g/mol. The number of halogens is 1. The Morgan fingerprint density at radius 1 is 1.20 bits per heavy atom. The number of aryl methyl sites for hydroxylation is 1. The van der Waals surface area contributed by atoms with E-state index < -0.39 is 22.8 Å². The monoisotopic (exact) mass is 476 g/mol. The first-order chi connectivity index (χ1) is 14.1. The second-order valence-corrected chi connectivity index (χ2v) is 7.62. The number of non-ortho nitro benzene ring substituents is 1. The summed E-state index contributed by atoms with van der Waals surface area (Å²) in [6.45, 7) is 3.12. The van der Waals surface area contributed by atoms with Gasteiger partial charge < -0.3 is 15.5 Å². The highest BCUT2D eigenvalue weighted by Gasteiger charge is 2.22. The van der Waals surface area contributed by atoms with E-state index in [4.69, 9.17) is 0 Å². The summed E-state index contributed by atoms with van der Waals surface area (Å²) < 4.78 is 0.888. The van der Waals surface area contributed by atoms with Gasteiger partial charge in [0.05, 0.1) is 11.5 Å². The molecule has 2 aromatic rings. The van der Waals surface area contributed by atoms with Crippen molar-refractivity contribution in [3.8, 4) is 0 Å². The number of nitro groups is 1. The Kier molecular flexibility index (Phi) is 7.65. The molecule has 0 bridgehead atoms. The number of amides is 3. The molecule has 0 saturated carbocycles. The number of anilines is 1. The molecule has 0 aliphatic carbocycles. The molecule has 1 atom stereocenters. The molecule has 0 spiro atoms. The molecular formula is C20H21BrN4O5. The minimum atomic E-state index is -0.927. The van der Waals surface area contributed by atoms with E-state index in [1.807, 2.05) is 13.0 Å². The number of likely N-dealkylation sites (N-methyl/N-ethyl adjacent to an activating group) is 1. The summed E-state index contributed by atoms with van der Waals surface area (Å²) in [6.07, 6.45) is 0. The lowest BCUT2D eigenvalue weighted by molar-refractivity contribution is -0.384. The summed E-state index contributed by atoms with van der Waals surface area (Å²) in [5.74, 6) is -1.48. The van der Waals surface area contributed by atoms with Crippen molar-refractivity contribution >= 4 is 45.0 Å². The van der Waals surface area contributed by atoms with Gasteiger partial charge in [0, 0.05) is 34.9 Å². The van der Waals surface area contributed by atoms with E-state index in [9.17, 15) is 24.5 Å². The molecule has 0 aliphatic rings. The Morgan fingerprint density at radius 2 is 1.90 bits per heavy atom. The van der Waals surface area contributed by atoms with Crippen LogP contribution < -0.4 is 10.6 Å². The fourth-order valence-corrected chi connectivity index (χ4v) is 3.16. The Bertz CT molecular complexity index is 995. The highest BCUT2D eigenvalue weighted by Crippen LogP contribution is 2.20. The number of benzene rings is 2. The van der Waals surface area contributed by atoms with Gasteiger partial charge in [0.15, 0.2) is 0 Å². The molecule has 30 heavy (non-hydrogen) atoms. The van der Waals surface area contributed by atoms with Gasteiger partial charge in [0.25, 0.3) is 11.6 Å². The van der Waals surface area contributed by atoms with Crippen LogP contribution in [0.3, 0.4) is 0 Å². The Morgan fingerprint density at radius 3 is 2.53 bits per heavy atom. The maximum absolute atomic E-state index is 12.5. The zero-order chi connectivity index (χ0) is 22.4. The maximum Gasteiger partial charge on any atom is 0.270 e. The van der Waals surface area contributed by atoms with E-state index in [2.05, 4.69) is 26.6 Å². The first-order valence-electron chi connectivity index (χ1n) is 8.94. The Hall–Kier alpha value is -3.27. The van der Waals surface area contributed by atoms with Gasteiger partial charge in [-0.05, 0) is 43.7 Å². The van der Waals surface area contributed by atoms with Crippen molar-refractivity contribution in [1.29, 1.82) is 0 Å². The van der Waals surface area contributed by atoms with Crippen LogP contribution >= 0.6 is 15.9 Å². The van der Waals surface area contributed by atoms with Crippen molar-refractivity contribution in [3.05, 3.63) is 68.2 Å². The van der Waals surface area contributed by atoms with Crippen molar-refractivity contribution < 1.29 is 19.3 Å². The molecule has 2 aromatic carbocycles. The van der Waals surface area contributed by atoms with Crippen molar-refractivity contribution in [2.45, 2.75) is 19.9 Å². The quantitative estimate of drug-likeness (QED) is 0.469. The smallest absolute Gasteiger partial charge is 0.270 e. The SMILES string of the molecule is Cc1cc(Br)ccc1NC(=O)CN(C)C(=O)C(C)NC(=O)c1cccc([N+](=O)[O-])c1.